The van der Waals surface area contributed by atoms with Gasteiger partial charge in [-0.3, -0.25) is 4.79 Å². The van der Waals surface area contributed by atoms with Crippen LogP contribution in [0, 0.1) is 5.41 Å². The minimum absolute atomic E-state index is 0.0980. The zero-order valence-electron chi connectivity index (χ0n) is 21.7. The van der Waals surface area contributed by atoms with Crippen molar-refractivity contribution in [1.82, 2.24) is 24.6 Å². The molecule has 0 saturated heterocycles. The molecule has 5 aromatic rings. The lowest BCUT2D eigenvalue weighted by Crippen LogP contribution is -2.33. The van der Waals surface area contributed by atoms with Crippen LogP contribution in [0.25, 0.3) is 15.9 Å². The van der Waals surface area contributed by atoms with Gasteiger partial charge in [-0.1, -0.05) is 49.9 Å². The third kappa shape index (κ3) is 4.28. The fraction of sp³-hybridized carbons (Fsp3) is 0.276. The van der Waals surface area contributed by atoms with Crippen molar-refractivity contribution in [2.24, 2.45) is 5.41 Å². The van der Waals surface area contributed by atoms with Crippen LogP contribution in [-0.2, 0) is 10.5 Å². The molecule has 0 fully saturated rings. The molecule has 8 nitrogen and oxygen atoms in total. The van der Waals surface area contributed by atoms with E-state index in [1.165, 1.54) is 0 Å². The molecule has 4 heterocycles. The quantitative estimate of drug-likeness (QED) is 0.237. The van der Waals surface area contributed by atoms with Crippen LogP contribution in [0.4, 0.5) is 0 Å². The molecule has 10 heteroatoms. The lowest BCUT2D eigenvalue weighted by molar-refractivity contribution is -0.118. The summed E-state index contributed by atoms with van der Waals surface area (Å²) in [6.45, 7) is 4.20. The third-order valence-corrected chi connectivity index (χ3v) is 9.33. The van der Waals surface area contributed by atoms with E-state index in [0.29, 0.717) is 47.3 Å². The monoisotopic (exact) mass is 555 g/mol. The predicted molar refractivity (Wildman–Crippen MR) is 150 cm³/mol. The molecule has 39 heavy (non-hydrogen) atoms. The van der Waals surface area contributed by atoms with E-state index in [-0.39, 0.29) is 17.1 Å². The van der Waals surface area contributed by atoms with Gasteiger partial charge in [0, 0.05) is 24.3 Å². The Morgan fingerprint density at radius 2 is 1.95 bits per heavy atom. The molecule has 1 aliphatic carbocycles. The van der Waals surface area contributed by atoms with E-state index in [4.69, 9.17) is 24.5 Å². The van der Waals surface area contributed by atoms with Crippen LogP contribution in [0.3, 0.4) is 0 Å². The molecule has 2 aromatic carbocycles. The second kappa shape index (κ2) is 9.17. The maximum atomic E-state index is 13.6. The second-order valence-corrected chi connectivity index (χ2v) is 12.8. The highest BCUT2D eigenvalue weighted by Gasteiger charge is 2.44. The van der Waals surface area contributed by atoms with Gasteiger partial charge < -0.3 is 9.47 Å². The van der Waals surface area contributed by atoms with Crippen molar-refractivity contribution in [2.75, 3.05) is 7.11 Å². The number of fused-ring (bicyclic) bond motifs is 4. The number of benzene rings is 2. The van der Waals surface area contributed by atoms with Gasteiger partial charge in [0.2, 0.25) is 5.88 Å². The zero-order chi connectivity index (χ0) is 26.7. The highest BCUT2D eigenvalue weighted by Crippen LogP contribution is 2.50. The Hall–Kier alpha value is -3.76. The molecule has 3 aromatic heterocycles. The fourth-order valence-corrected chi connectivity index (χ4v) is 7.34. The van der Waals surface area contributed by atoms with Crippen molar-refractivity contribution in [3.63, 3.8) is 0 Å². The van der Waals surface area contributed by atoms with Gasteiger partial charge in [0.1, 0.15) is 17.8 Å². The lowest BCUT2D eigenvalue weighted by Gasteiger charge is -2.37. The number of hydrogen-bond acceptors (Lipinski definition) is 9. The van der Waals surface area contributed by atoms with E-state index in [1.54, 1.807) is 41.1 Å². The number of methoxy groups -OCH3 is 1. The van der Waals surface area contributed by atoms with Crippen LogP contribution >= 0.6 is 23.1 Å². The highest BCUT2D eigenvalue weighted by atomic mass is 32.2. The largest absolute Gasteiger partial charge is 0.497 e. The minimum atomic E-state index is -0.358. The smallest absolute Gasteiger partial charge is 0.228 e. The van der Waals surface area contributed by atoms with Crippen molar-refractivity contribution in [1.29, 1.82) is 0 Å². The number of aromatic nitrogens is 5. The molecule has 0 amide bonds. The first-order valence-corrected chi connectivity index (χ1v) is 14.5. The SMILES string of the molecule is COc1ccc([C@@H]2C3=C(CC(C)(C)CC3=O)Oc3ncn4nc(CSc5nc6ccccc6s5)nc4c32)cc1. The van der Waals surface area contributed by atoms with Crippen molar-refractivity contribution in [2.45, 2.75) is 42.7 Å². The summed E-state index contributed by atoms with van der Waals surface area (Å²) in [6.07, 6.45) is 2.77. The predicted octanol–water partition coefficient (Wildman–Crippen LogP) is 6.20. The van der Waals surface area contributed by atoms with E-state index in [9.17, 15) is 4.79 Å². The topological polar surface area (TPSA) is 91.5 Å². The Kier molecular flexibility index (Phi) is 5.71. The van der Waals surface area contributed by atoms with Gasteiger partial charge in [-0.05, 0) is 35.2 Å². The van der Waals surface area contributed by atoms with Crippen LogP contribution in [0.2, 0.25) is 0 Å². The number of thioether (sulfide) groups is 1. The number of allylic oxidation sites excluding steroid dienone is 2. The molecular formula is C29H25N5O3S2. The van der Waals surface area contributed by atoms with Gasteiger partial charge in [0.15, 0.2) is 21.6 Å². The van der Waals surface area contributed by atoms with E-state index >= 15 is 0 Å². The van der Waals surface area contributed by atoms with Crippen LogP contribution in [0.15, 0.2) is 70.5 Å². The van der Waals surface area contributed by atoms with Crippen LogP contribution in [0.5, 0.6) is 11.6 Å². The van der Waals surface area contributed by atoms with Crippen molar-refractivity contribution < 1.29 is 14.3 Å². The van der Waals surface area contributed by atoms with E-state index < -0.39 is 0 Å². The lowest BCUT2D eigenvalue weighted by atomic mass is 9.70. The van der Waals surface area contributed by atoms with Gasteiger partial charge in [0.25, 0.3) is 0 Å². The first-order valence-electron chi connectivity index (χ1n) is 12.7. The van der Waals surface area contributed by atoms with Crippen LogP contribution in [0.1, 0.15) is 49.6 Å². The van der Waals surface area contributed by atoms with E-state index in [0.717, 1.165) is 31.4 Å². The average molecular weight is 556 g/mol. The van der Waals surface area contributed by atoms with Gasteiger partial charge >= 0.3 is 0 Å². The fourth-order valence-electron chi connectivity index (χ4n) is 5.42. The summed E-state index contributed by atoms with van der Waals surface area (Å²) >= 11 is 3.27. The molecule has 7 rings (SSSR count). The summed E-state index contributed by atoms with van der Waals surface area (Å²) in [5, 5.41) is 4.71. The van der Waals surface area contributed by atoms with Crippen LogP contribution < -0.4 is 9.47 Å². The molecule has 0 N–H and O–H groups in total. The molecule has 196 valence electrons. The standard InChI is InChI=1S/C29H25N5O3S2/c1-29(2)12-19(35)24-20(13-29)37-27-25(23(24)16-8-10-17(36-3)11-9-16)26-32-22(33-34(26)15-30-27)14-38-28-31-18-6-4-5-7-21(18)39-28/h4-11,15,23H,12-14H2,1-3H3/t23-/m1/s1. The molecule has 2 aliphatic rings. The number of para-hydroxylation sites is 1. The number of ether oxygens (including phenoxy) is 2. The first-order chi connectivity index (χ1) is 18.9. The second-order valence-electron chi connectivity index (χ2n) is 10.6. The summed E-state index contributed by atoms with van der Waals surface area (Å²) < 4.78 is 15.6. The highest BCUT2D eigenvalue weighted by molar-refractivity contribution is 8.00. The number of nitrogens with zero attached hydrogens (tertiary/aromatic N) is 5. The Morgan fingerprint density at radius 3 is 2.74 bits per heavy atom. The van der Waals surface area contributed by atoms with E-state index in [2.05, 4.69) is 24.9 Å². The Bertz CT molecular complexity index is 1760. The van der Waals surface area contributed by atoms with Crippen molar-refractivity contribution in [3.05, 3.63) is 83.1 Å². The molecule has 1 aliphatic heterocycles. The number of ketones is 1. The summed E-state index contributed by atoms with van der Waals surface area (Å²) in [5.41, 5.74) is 3.87. The number of hydrogen-bond donors (Lipinski definition) is 0. The maximum Gasteiger partial charge on any atom is 0.228 e. The molecule has 0 radical (unpaired) electrons. The Balaban J connectivity index is 1.31. The Labute approximate surface area is 233 Å². The average Bonchev–Trinajstić information content (AvgIpc) is 3.53. The molecular weight excluding hydrogens is 530 g/mol. The summed E-state index contributed by atoms with van der Waals surface area (Å²) in [7, 11) is 1.64. The summed E-state index contributed by atoms with van der Waals surface area (Å²) in [5.74, 6) is 2.90. The number of thiazole rings is 1. The van der Waals surface area contributed by atoms with Gasteiger partial charge in [0.05, 0.1) is 28.6 Å². The Morgan fingerprint density at radius 1 is 1.13 bits per heavy atom. The summed E-state index contributed by atoms with van der Waals surface area (Å²) in [6, 6.07) is 15.9. The van der Waals surface area contributed by atoms with Gasteiger partial charge in [-0.25, -0.2) is 19.5 Å². The number of carbonyl (C=O) groups excluding carboxylic acids is 1. The molecule has 0 spiro atoms. The van der Waals surface area contributed by atoms with Crippen molar-refractivity contribution >= 4 is 44.7 Å². The van der Waals surface area contributed by atoms with Gasteiger partial charge in [-0.15, -0.1) is 16.4 Å². The van der Waals surface area contributed by atoms with Gasteiger partial charge in [-0.2, -0.15) is 0 Å². The molecule has 1 atom stereocenters. The molecule has 0 unspecified atom stereocenters. The zero-order valence-corrected chi connectivity index (χ0v) is 23.3. The molecule has 0 saturated carbocycles. The minimum Gasteiger partial charge on any atom is -0.497 e. The summed E-state index contributed by atoms with van der Waals surface area (Å²) in [4.78, 5) is 27.9. The number of carbonyl (C=O) groups is 1. The van der Waals surface area contributed by atoms with E-state index in [1.807, 2.05) is 42.5 Å². The molecule has 0 bridgehead atoms. The van der Waals surface area contributed by atoms with Crippen LogP contribution in [-0.4, -0.2) is 37.5 Å². The normalized spacial score (nSPS) is 18.2. The van der Waals surface area contributed by atoms with Crippen molar-refractivity contribution in [3.8, 4) is 11.6 Å². The first kappa shape index (κ1) is 24.3. The maximum absolute atomic E-state index is 13.6. The number of Topliss-reactive ketones (excluding diaryl/α,β-unsaturated/α-hetero) is 1. The number of rotatable bonds is 5. The third-order valence-electron chi connectivity index (χ3n) is 7.16.